The highest BCUT2D eigenvalue weighted by Crippen LogP contribution is 2.42. The normalized spacial score (nSPS) is 15.1. The SMILES string of the molecule is CCOc1c(OC)cc(-c2nnc(NC(=O)CCN3CCN(C)CC3)s2)cc1OC. The molecule has 164 valence electrons. The van der Waals surface area contributed by atoms with Crippen molar-refractivity contribution in [2.75, 3.05) is 65.9 Å². The summed E-state index contributed by atoms with van der Waals surface area (Å²) in [5, 5.41) is 12.3. The van der Waals surface area contributed by atoms with E-state index in [2.05, 4.69) is 32.4 Å². The molecule has 1 saturated heterocycles. The average molecular weight is 436 g/mol. The number of nitrogens with zero attached hydrogens (tertiary/aromatic N) is 4. The first-order valence-electron chi connectivity index (χ1n) is 9.97. The van der Waals surface area contributed by atoms with Crippen LogP contribution in [0.3, 0.4) is 0 Å². The maximum atomic E-state index is 12.3. The molecule has 9 nitrogen and oxygen atoms in total. The topological polar surface area (TPSA) is 89.0 Å². The predicted octanol–water partition coefficient (Wildman–Crippen LogP) is 2.20. The van der Waals surface area contributed by atoms with E-state index in [-0.39, 0.29) is 5.91 Å². The standard InChI is InChI=1S/C20H29N5O4S/c1-5-29-18-15(27-3)12-14(13-16(18)28-4)19-22-23-20(30-19)21-17(26)6-7-25-10-8-24(2)9-11-25/h12-13H,5-11H2,1-4H3,(H,21,23,26). The number of nitrogens with one attached hydrogen (secondary N) is 1. The van der Waals surface area contributed by atoms with E-state index < -0.39 is 0 Å². The zero-order valence-electron chi connectivity index (χ0n) is 17.9. The number of methoxy groups -OCH3 is 2. The predicted molar refractivity (Wildman–Crippen MR) is 117 cm³/mol. The molecule has 1 amide bonds. The molecule has 1 N–H and O–H groups in total. The molecule has 0 spiro atoms. The second-order valence-corrected chi connectivity index (χ2v) is 7.98. The minimum Gasteiger partial charge on any atom is -0.493 e. The second kappa shape index (κ2) is 10.6. The molecule has 0 bridgehead atoms. The summed E-state index contributed by atoms with van der Waals surface area (Å²) in [7, 11) is 5.27. The number of hydrogen-bond acceptors (Lipinski definition) is 9. The van der Waals surface area contributed by atoms with Gasteiger partial charge in [-0.05, 0) is 26.1 Å². The molecule has 1 aliphatic heterocycles. The minimum absolute atomic E-state index is 0.0570. The van der Waals surface area contributed by atoms with Crippen LogP contribution in [-0.4, -0.2) is 86.5 Å². The Hall–Kier alpha value is -2.43. The van der Waals surface area contributed by atoms with E-state index in [0.29, 0.717) is 40.4 Å². The van der Waals surface area contributed by atoms with Gasteiger partial charge in [-0.15, -0.1) is 10.2 Å². The molecule has 0 unspecified atom stereocenters. The lowest BCUT2D eigenvalue weighted by atomic mass is 10.2. The van der Waals surface area contributed by atoms with Crippen molar-refractivity contribution in [1.29, 1.82) is 0 Å². The van der Waals surface area contributed by atoms with Crippen LogP contribution in [0.15, 0.2) is 12.1 Å². The number of rotatable bonds is 9. The summed E-state index contributed by atoms with van der Waals surface area (Å²) < 4.78 is 16.5. The zero-order valence-corrected chi connectivity index (χ0v) is 18.8. The van der Waals surface area contributed by atoms with Crippen LogP contribution < -0.4 is 19.5 Å². The molecule has 1 aromatic carbocycles. The number of likely N-dealkylation sites (N-methyl/N-ethyl adjacent to an activating group) is 1. The molecule has 2 heterocycles. The number of amides is 1. The number of anilines is 1. The summed E-state index contributed by atoms with van der Waals surface area (Å²) in [6.07, 6.45) is 0.434. The van der Waals surface area contributed by atoms with Crippen LogP contribution in [0.2, 0.25) is 0 Å². The van der Waals surface area contributed by atoms with Gasteiger partial charge in [0, 0.05) is 44.7 Å². The van der Waals surface area contributed by atoms with E-state index in [1.807, 2.05) is 19.1 Å². The number of carbonyl (C=O) groups excluding carboxylic acids is 1. The van der Waals surface area contributed by atoms with Crippen LogP contribution in [-0.2, 0) is 4.79 Å². The number of ether oxygens (including phenoxy) is 3. The van der Waals surface area contributed by atoms with E-state index in [1.165, 1.54) is 11.3 Å². The molecular weight excluding hydrogens is 406 g/mol. The quantitative estimate of drug-likeness (QED) is 0.641. The Bertz CT molecular complexity index is 826. The summed E-state index contributed by atoms with van der Waals surface area (Å²) in [5.41, 5.74) is 0.780. The number of hydrogen-bond donors (Lipinski definition) is 1. The number of benzene rings is 1. The van der Waals surface area contributed by atoms with Crippen LogP contribution in [0.5, 0.6) is 17.2 Å². The molecule has 1 aromatic heterocycles. The summed E-state index contributed by atoms with van der Waals surface area (Å²) in [6, 6.07) is 3.65. The van der Waals surface area contributed by atoms with Gasteiger partial charge in [-0.3, -0.25) is 4.79 Å². The smallest absolute Gasteiger partial charge is 0.227 e. The maximum absolute atomic E-state index is 12.3. The van der Waals surface area contributed by atoms with Crippen LogP contribution in [0.1, 0.15) is 13.3 Å². The van der Waals surface area contributed by atoms with Gasteiger partial charge in [0.1, 0.15) is 5.01 Å². The fourth-order valence-electron chi connectivity index (χ4n) is 3.19. The lowest BCUT2D eigenvalue weighted by molar-refractivity contribution is -0.116. The Morgan fingerprint density at radius 1 is 1.13 bits per heavy atom. The van der Waals surface area contributed by atoms with Crippen molar-refractivity contribution in [3.8, 4) is 27.8 Å². The Morgan fingerprint density at radius 2 is 1.80 bits per heavy atom. The first kappa shape index (κ1) is 22.3. The summed E-state index contributed by atoms with van der Waals surface area (Å²) >= 11 is 1.31. The third-order valence-corrected chi connectivity index (χ3v) is 5.81. The highest BCUT2D eigenvalue weighted by atomic mass is 32.1. The monoisotopic (exact) mass is 435 g/mol. The Labute approximate surface area is 180 Å². The lowest BCUT2D eigenvalue weighted by Gasteiger charge is -2.32. The number of aromatic nitrogens is 2. The highest BCUT2D eigenvalue weighted by molar-refractivity contribution is 7.18. The van der Waals surface area contributed by atoms with Crippen molar-refractivity contribution in [2.24, 2.45) is 0 Å². The zero-order chi connectivity index (χ0) is 21.5. The Morgan fingerprint density at radius 3 is 2.40 bits per heavy atom. The number of piperazine rings is 1. The van der Waals surface area contributed by atoms with E-state index in [4.69, 9.17) is 14.2 Å². The molecule has 0 saturated carbocycles. The molecule has 0 radical (unpaired) electrons. The van der Waals surface area contributed by atoms with Crippen LogP contribution in [0, 0.1) is 0 Å². The van der Waals surface area contributed by atoms with Crippen molar-refractivity contribution in [3.63, 3.8) is 0 Å². The van der Waals surface area contributed by atoms with E-state index in [0.717, 1.165) is 38.3 Å². The third kappa shape index (κ3) is 5.59. The molecule has 10 heteroatoms. The summed E-state index contributed by atoms with van der Waals surface area (Å²) in [5.74, 6) is 1.60. The van der Waals surface area contributed by atoms with Crippen molar-refractivity contribution < 1.29 is 19.0 Å². The van der Waals surface area contributed by atoms with Gasteiger partial charge >= 0.3 is 0 Å². The number of carbonyl (C=O) groups is 1. The van der Waals surface area contributed by atoms with Crippen LogP contribution in [0.4, 0.5) is 5.13 Å². The lowest BCUT2D eigenvalue weighted by Crippen LogP contribution is -2.45. The molecule has 1 aliphatic rings. The van der Waals surface area contributed by atoms with Crippen LogP contribution in [0.25, 0.3) is 10.6 Å². The Kier molecular flexibility index (Phi) is 7.83. The molecular formula is C20H29N5O4S. The second-order valence-electron chi connectivity index (χ2n) is 7.00. The van der Waals surface area contributed by atoms with Gasteiger partial charge < -0.3 is 29.3 Å². The van der Waals surface area contributed by atoms with E-state index in [9.17, 15) is 4.79 Å². The van der Waals surface area contributed by atoms with Gasteiger partial charge in [0.15, 0.2) is 11.5 Å². The molecule has 2 aromatic rings. The largest absolute Gasteiger partial charge is 0.493 e. The van der Waals surface area contributed by atoms with Crippen LogP contribution >= 0.6 is 11.3 Å². The summed E-state index contributed by atoms with van der Waals surface area (Å²) in [4.78, 5) is 16.9. The van der Waals surface area contributed by atoms with Crippen molar-refractivity contribution in [2.45, 2.75) is 13.3 Å². The van der Waals surface area contributed by atoms with Crippen molar-refractivity contribution in [1.82, 2.24) is 20.0 Å². The van der Waals surface area contributed by atoms with Gasteiger partial charge in [0.2, 0.25) is 16.8 Å². The molecule has 0 aliphatic carbocycles. The van der Waals surface area contributed by atoms with Gasteiger partial charge in [0.25, 0.3) is 0 Å². The molecule has 30 heavy (non-hydrogen) atoms. The molecule has 3 rings (SSSR count). The van der Waals surface area contributed by atoms with Crippen molar-refractivity contribution in [3.05, 3.63) is 12.1 Å². The van der Waals surface area contributed by atoms with Gasteiger partial charge in [-0.1, -0.05) is 11.3 Å². The fourth-order valence-corrected chi connectivity index (χ4v) is 3.94. The van der Waals surface area contributed by atoms with Gasteiger partial charge in [0.05, 0.1) is 20.8 Å². The van der Waals surface area contributed by atoms with Gasteiger partial charge in [-0.25, -0.2) is 0 Å². The first-order chi connectivity index (χ1) is 14.5. The third-order valence-electron chi connectivity index (χ3n) is 4.92. The molecule has 1 fully saturated rings. The van der Waals surface area contributed by atoms with E-state index >= 15 is 0 Å². The molecule has 0 atom stereocenters. The maximum Gasteiger partial charge on any atom is 0.227 e. The van der Waals surface area contributed by atoms with Crippen molar-refractivity contribution >= 4 is 22.4 Å². The average Bonchev–Trinajstić information content (AvgIpc) is 3.22. The van der Waals surface area contributed by atoms with Gasteiger partial charge in [-0.2, -0.15) is 0 Å². The first-order valence-corrected chi connectivity index (χ1v) is 10.8. The Balaban J connectivity index is 1.63. The fraction of sp³-hybridized carbons (Fsp3) is 0.550. The van der Waals surface area contributed by atoms with E-state index in [1.54, 1.807) is 14.2 Å². The highest BCUT2D eigenvalue weighted by Gasteiger charge is 2.18. The summed E-state index contributed by atoms with van der Waals surface area (Å²) in [6.45, 7) is 7.21. The minimum atomic E-state index is -0.0570.